The number of thiazole rings is 1. The zero-order valence-electron chi connectivity index (χ0n) is 12.4. The molecule has 0 amide bonds. The highest BCUT2D eigenvalue weighted by Crippen LogP contribution is 2.31. The van der Waals surface area contributed by atoms with Crippen molar-refractivity contribution >= 4 is 21.6 Å². The molecule has 4 heteroatoms. The van der Waals surface area contributed by atoms with E-state index in [1.165, 1.54) is 21.5 Å². The third-order valence-corrected chi connectivity index (χ3v) is 4.72. The Morgan fingerprint density at radius 3 is 2.55 bits per heavy atom. The number of aryl methyl sites for hydroxylation is 2. The highest BCUT2D eigenvalue weighted by Gasteiger charge is 2.14. The van der Waals surface area contributed by atoms with E-state index in [9.17, 15) is 0 Å². The van der Waals surface area contributed by atoms with E-state index in [1.54, 1.807) is 11.3 Å². The van der Waals surface area contributed by atoms with E-state index in [-0.39, 0.29) is 0 Å². The van der Waals surface area contributed by atoms with Crippen LogP contribution in [0.3, 0.4) is 0 Å². The largest absolute Gasteiger partial charge is 0.299 e. The minimum absolute atomic E-state index is 0.939. The summed E-state index contributed by atoms with van der Waals surface area (Å²) in [6, 6.07) is 12.6. The summed E-state index contributed by atoms with van der Waals surface area (Å²) in [5, 5.41) is 0. The first-order valence-corrected chi connectivity index (χ1v) is 8.06. The molecule has 108 valence electrons. The molecule has 4 aromatic rings. The van der Waals surface area contributed by atoms with Crippen LogP contribution in [-0.2, 0) is 0 Å². The van der Waals surface area contributed by atoms with E-state index in [4.69, 9.17) is 0 Å². The molecular formula is C18H15N3S. The molecule has 0 saturated heterocycles. The van der Waals surface area contributed by atoms with Crippen LogP contribution in [0, 0.1) is 13.8 Å². The molecule has 2 aromatic heterocycles. The van der Waals surface area contributed by atoms with Gasteiger partial charge in [0.2, 0.25) is 0 Å². The minimum Gasteiger partial charge on any atom is -0.299 e. The standard InChI is InChI=1S/C18H15N3S/c1-12-5-3-6-13(2)17(12)21-10-9-19-18(21)14-7-4-8-15-16(14)20-11-22-15/h3-11H,1-2H3. The first-order chi connectivity index (χ1) is 10.8. The minimum atomic E-state index is 0.939. The van der Waals surface area contributed by atoms with E-state index in [1.807, 2.05) is 17.9 Å². The Bertz CT molecular complexity index is 945. The first kappa shape index (κ1) is 13.2. The molecule has 0 unspecified atom stereocenters. The van der Waals surface area contributed by atoms with Gasteiger partial charge in [0.05, 0.1) is 21.4 Å². The van der Waals surface area contributed by atoms with Crippen molar-refractivity contribution in [1.82, 2.24) is 14.5 Å². The molecule has 0 fully saturated rings. The normalized spacial score (nSPS) is 11.2. The lowest BCUT2D eigenvalue weighted by Gasteiger charge is -2.14. The molecule has 0 N–H and O–H groups in total. The van der Waals surface area contributed by atoms with Crippen molar-refractivity contribution in [3.8, 4) is 17.1 Å². The molecule has 2 heterocycles. The van der Waals surface area contributed by atoms with Crippen molar-refractivity contribution in [2.75, 3.05) is 0 Å². The molecule has 0 bridgehead atoms. The summed E-state index contributed by atoms with van der Waals surface area (Å²) in [5.41, 5.74) is 7.66. The predicted octanol–water partition coefficient (Wildman–Crippen LogP) is 4.77. The fraction of sp³-hybridized carbons (Fsp3) is 0.111. The fourth-order valence-corrected chi connectivity index (χ4v) is 3.64. The lowest BCUT2D eigenvalue weighted by Crippen LogP contribution is -2.01. The van der Waals surface area contributed by atoms with Gasteiger partial charge in [-0.15, -0.1) is 11.3 Å². The number of imidazole rings is 1. The quantitative estimate of drug-likeness (QED) is 0.534. The van der Waals surface area contributed by atoms with Crippen molar-refractivity contribution in [2.24, 2.45) is 0 Å². The summed E-state index contributed by atoms with van der Waals surface area (Å²) in [6.07, 6.45) is 3.88. The second-order valence-electron chi connectivity index (χ2n) is 5.37. The lowest BCUT2D eigenvalue weighted by molar-refractivity contribution is 1.03. The fourth-order valence-electron chi connectivity index (χ4n) is 2.94. The van der Waals surface area contributed by atoms with Crippen LogP contribution in [0.15, 0.2) is 54.3 Å². The maximum atomic E-state index is 4.60. The van der Waals surface area contributed by atoms with Crippen LogP contribution in [0.25, 0.3) is 27.3 Å². The summed E-state index contributed by atoms with van der Waals surface area (Å²) in [5.74, 6) is 0.939. The molecule has 0 saturated carbocycles. The summed E-state index contributed by atoms with van der Waals surface area (Å²) in [7, 11) is 0. The van der Waals surface area contributed by atoms with Gasteiger partial charge >= 0.3 is 0 Å². The number of fused-ring (bicyclic) bond motifs is 1. The highest BCUT2D eigenvalue weighted by molar-refractivity contribution is 7.16. The molecule has 0 atom stereocenters. The van der Waals surface area contributed by atoms with Crippen LogP contribution < -0.4 is 0 Å². The predicted molar refractivity (Wildman–Crippen MR) is 91.7 cm³/mol. The topological polar surface area (TPSA) is 30.7 Å². The maximum absolute atomic E-state index is 4.60. The molecule has 0 aliphatic carbocycles. The Hall–Kier alpha value is -2.46. The molecule has 3 nitrogen and oxygen atoms in total. The van der Waals surface area contributed by atoms with Crippen LogP contribution >= 0.6 is 11.3 Å². The van der Waals surface area contributed by atoms with Crippen LogP contribution in [0.5, 0.6) is 0 Å². The van der Waals surface area contributed by atoms with E-state index >= 15 is 0 Å². The third kappa shape index (κ3) is 1.96. The zero-order chi connectivity index (χ0) is 15.1. The van der Waals surface area contributed by atoms with Crippen LogP contribution in [0.2, 0.25) is 0 Å². The maximum Gasteiger partial charge on any atom is 0.146 e. The number of aromatic nitrogens is 3. The Labute approximate surface area is 132 Å². The monoisotopic (exact) mass is 305 g/mol. The molecule has 4 rings (SSSR count). The molecule has 0 radical (unpaired) electrons. The summed E-state index contributed by atoms with van der Waals surface area (Å²) < 4.78 is 3.35. The third-order valence-electron chi connectivity index (χ3n) is 3.92. The average molecular weight is 305 g/mol. The highest BCUT2D eigenvalue weighted by atomic mass is 32.1. The van der Waals surface area contributed by atoms with E-state index in [0.29, 0.717) is 0 Å². The van der Waals surface area contributed by atoms with Crippen molar-refractivity contribution in [1.29, 1.82) is 0 Å². The smallest absolute Gasteiger partial charge is 0.146 e. The average Bonchev–Trinajstić information content (AvgIpc) is 3.15. The molecule has 0 aliphatic heterocycles. The molecule has 2 aromatic carbocycles. The van der Waals surface area contributed by atoms with Gasteiger partial charge in [-0.3, -0.25) is 4.57 Å². The summed E-state index contributed by atoms with van der Waals surface area (Å²) in [6.45, 7) is 4.27. The van der Waals surface area contributed by atoms with Gasteiger partial charge in [0, 0.05) is 18.0 Å². The van der Waals surface area contributed by atoms with Gasteiger partial charge in [-0.25, -0.2) is 9.97 Å². The van der Waals surface area contributed by atoms with Gasteiger partial charge in [-0.05, 0) is 37.1 Å². The molecular weight excluding hydrogens is 290 g/mol. The number of nitrogens with zero attached hydrogens (tertiary/aromatic N) is 3. The lowest BCUT2D eigenvalue weighted by atomic mass is 10.1. The molecule has 0 aliphatic rings. The Balaban J connectivity index is 2.00. The van der Waals surface area contributed by atoms with E-state index in [2.05, 4.69) is 64.8 Å². The Morgan fingerprint density at radius 1 is 0.955 bits per heavy atom. The zero-order valence-corrected chi connectivity index (χ0v) is 13.3. The van der Waals surface area contributed by atoms with Gasteiger partial charge in [0.1, 0.15) is 5.82 Å². The second kappa shape index (κ2) is 5.07. The molecule has 0 spiro atoms. The number of hydrogen-bond donors (Lipinski definition) is 0. The number of rotatable bonds is 2. The van der Waals surface area contributed by atoms with Gasteiger partial charge in [0.15, 0.2) is 0 Å². The van der Waals surface area contributed by atoms with E-state index in [0.717, 1.165) is 16.9 Å². The Kier molecular flexibility index (Phi) is 3.05. The van der Waals surface area contributed by atoms with Crippen LogP contribution in [0.1, 0.15) is 11.1 Å². The molecule has 22 heavy (non-hydrogen) atoms. The van der Waals surface area contributed by atoms with Gasteiger partial charge in [-0.2, -0.15) is 0 Å². The summed E-state index contributed by atoms with van der Waals surface area (Å²) in [4.78, 5) is 9.12. The van der Waals surface area contributed by atoms with E-state index < -0.39 is 0 Å². The van der Waals surface area contributed by atoms with Crippen LogP contribution in [0.4, 0.5) is 0 Å². The number of benzene rings is 2. The number of para-hydroxylation sites is 2. The van der Waals surface area contributed by atoms with Crippen molar-refractivity contribution in [3.05, 3.63) is 65.4 Å². The van der Waals surface area contributed by atoms with Crippen molar-refractivity contribution in [2.45, 2.75) is 13.8 Å². The van der Waals surface area contributed by atoms with Crippen LogP contribution in [-0.4, -0.2) is 14.5 Å². The van der Waals surface area contributed by atoms with Crippen molar-refractivity contribution < 1.29 is 0 Å². The Morgan fingerprint density at radius 2 is 1.73 bits per heavy atom. The van der Waals surface area contributed by atoms with Crippen molar-refractivity contribution in [3.63, 3.8) is 0 Å². The van der Waals surface area contributed by atoms with Gasteiger partial charge < -0.3 is 0 Å². The summed E-state index contributed by atoms with van der Waals surface area (Å²) >= 11 is 1.66. The number of hydrogen-bond acceptors (Lipinski definition) is 3. The second-order valence-corrected chi connectivity index (χ2v) is 6.25. The van der Waals surface area contributed by atoms with Gasteiger partial charge in [-0.1, -0.05) is 24.3 Å². The SMILES string of the molecule is Cc1cccc(C)c1-n1ccnc1-c1cccc2scnc12. The van der Waals surface area contributed by atoms with Gasteiger partial charge in [0.25, 0.3) is 0 Å². The first-order valence-electron chi connectivity index (χ1n) is 7.18.